The molecule has 0 atom stereocenters. The summed E-state index contributed by atoms with van der Waals surface area (Å²) in [5.74, 6) is 0. The van der Waals surface area contributed by atoms with E-state index in [1.54, 1.807) is 7.11 Å². The molecule has 0 bridgehead atoms. The highest BCUT2D eigenvalue weighted by atomic mass is 28.4. The summed E-state index contributed by atoms with van der Waals surface area (Å²) in [6, 6.07) is 1.27. The molecule has 2 amide bonds. The summed E-state index contributed by atoms with van der Waals surface area (Å²) in [5, 5.41) is 5.78. The Labute approximate surface area is 185 Å². The van der Waals surface area contributed by atoms with Crippen LogP contribution in [0, 0.1) is 0 Å². The van der Waals surface area contributed by atoms with Crippen LogP contribution in [-0.4, -0.2) is 82.9 Å². The lowest BCUT2D eigenvalue weighted by Crippen LogP contribution is -2.48. The number of hydrogen-bond donors (Lipinski definition) is 2. The first-order valence-electron chi connectivity index (χ1n) is 11.2. The molecule has 180 valence electrons. The zero-order valence-electron chi connectivity index (χ0n) is 19.8. The predicted octanol–water partition coefficient (Wildman–Crippen LogP) is 2.82. The molecule has 0 aliphatic heterocycles. The van der Waals surface area contributed by atoms with Crippen molar-refractivity contribution in [2.24, 2.45) is 0 Å². The van der Waals surface area contributed by atoms with E-state index in [4.69, 9.17) is 26.9 Å². The lowest BCUT2D eigenvalue weighted by Gasteiger charge is -2.29. The number of rotatable bonds is 20. The molecule has 0 heterocycles. The van der Waals surface area contributed by atoms with Gasteiger partial charge in [-0.15, -0.1) is 0 Å². The Morgan fingerprint density at radius 2 is 1.13 bits per heavy atom. The fourth-order valence-electron chi connectivity index (χ4n) is 3.22. The van der Waals surface area contributed by atoms with Crippen molar-refractivity contribution in [2.75, 3.05) is 59.5 Å². The topological polar surface area (TPSA) is 96.5 Å². The third-order valence-electron chi connectivity index (χ3n) is 4.24. The summed E-state index contributed by atoms with van der Waals surface area (Å²) >= 11 is 0. The zero-order chi connectivity index (χ0) is 22.7. The molecule has 11 heteroatoms. The van der Waals surface area contributed by atoms with Gasteiger partial charge in [-0.25, -0.2) is 4.79 Å². The zero-order valence-corrected chi connectivity index (χ0v) is 21.8. The van der Waals surface area contributed by atoms with Gasteiger partial charge in [0.2, 0.25) is 0 Å². The highest BCUT2D eigenvalue weighted by molar-refractivity contribution is 6.67. The van der Waals surface area contributed by atoms with E-state index >= 15 is 0 Å². The van der Waals surface area contributed by atoms with Crippen LogP contribution >= 0.6 is 0 Å². The summed E-state index contributed by atoms with van der Waals surface area (Å²) < 4.78 is 34.6. The molecule has 0 aromatic carbocycles. The smallest absolute Gasteiger partial charge is 0.393 e. The molecular formula is C19H44N2O7Si2. The van der Waals surface area contributed by atoms with Crippen molar-refractivity contribution in [3.8, 4) is 0 Å². The first-order chi connectivity index (χ1) is 14.5. The summed E-state index contributed by atoms with van der Waals surface area (Å²) in [6.07, 6.45) is 2.00. The summed E-state index contributed by atoms with van der Waals surface area (Å²) in [5.41, 5.74) is 0. The van der Waals surface area contributed by atoms with E-state index in [2.05, 4.69) is 10.6 Å². The Hall–Kier alpha value is -0.536. The van der Waals surface area contributed by atoms with Crippen molar-refractivity contribution >= 4 is 23.4 Å². The van der Waals surface area contributed by atoms with Gasteiger partial charge < -0.3 is 37.5 Å². The maximum absolute atomic E-state index is 12.1. The summed E-state index contributed by atoms with van der Waals surface area (Å²) in [6.45, 7) is 13.7. The third kappa shape index (κ3) is 12.3. The van der Waals surface area contributed by atoms with E-state index in [1.165, 1.54) is 0 Å². The molecular weight excluding hydrogens is 424 g/mol. The van der Waals surface area contributed by atoms with Gasteiger partial charge in [-0.3, -0.25) is 0 Å². The molecule has 0 fully saturated rings. The van der Waals surface area contributed by atoms with Crippen LogP contribution in [0.4, 0.5) is 4.79 Å². The first kappa shape index (κ1) is 29.5. The highest BCUT2D eigenvalue weighted by Crippen LogP contribution is 2.18. The molecule has 0 aliphatic rings. The Balaban J connectivity index is 4.27. The number of nitrogens with one attached hydrogen (secondary N) is 2. The number of carbonyl (C=O) groups is 1. The molecule has 30 heavy (non-hydrogen) atoms. The number of methoxy groups -OCH3 is 1. The van der Waals surface area contributed by atoms with E-state index in [0.29, 0.717) is 58.4 Å². The summed E-state index contributed by atoms with van der Waals surface area (Å²) in [7, 11) is -3.37. The number of ether oxygens (including phenoxy) is 1. The second-order valence-electron chi connectivity index (χ2n) is 6.58. The Morgan fingerprint density at radius 3 is 1.53 bits per heavy atom. The predicted molar refractivity (Wildman–Crippen MR) is 122 cm³/mol. The molecule has 0 saturated heterocycles. The van der Waals surface area contributed by atoms with Gasteiger partial charge in [0, 0.05) is 59.3 Å². The van der Waals surface area contributed by atoms with Gasteiger partial charge in [-0.05, 0) is 53.5 Å². The Morgan fingerprint density at radius 1 is 0.700 bits per heavy atom. The fraction of sp³-hybridized carbons (Fsp3) is 0.947. The van der Waals surface area contributed by atoms with E-state index in [1.807, 2.05) is 34.6 Å². The van der Waals surface area contributed by atoms with Gasteiger partial charge in [-0.1, -0.05) is 0 Å². The monoisotopic (exact) mass is 468 g/mol. The lowest BCUT2D eigenvalue weighted by molar-refractivity contribution is 0.0708. The van der Waals surface area contributed by atoms with E-state index in [-0.39, 0.29) is 6.03 Å². The van der Waals surface area contributed by atoms with Gasteiger partial charge in [-0.2, -0.15) is 0 Å². The van der Waals surface area contributed by atoms with Crippen molar-refractivity contribution in [3.05, 3.63) is 0 Å². The molecule has 0 saturated carbocycles. The SMILES string of the molecule is CCO[Si](CCCNC(=O)NCCC[Si](OCC)(OCC)OCC)(COC)OCC. The molecule has 0 unspecified atom stereocenters. The van der Waals surface area contributed by atoms with Crippen molar-refractivity contribution in [1.29, 1.82) is 0 Å². The van der Waals surface area contributed by atoms with Crippen LogP contribution in [0.25, 0.3) is 0 Å². The largest absolute Gasteiger partial charge is 0.500 e. The maximum atomic E-state index is 12.1. The summed E-state index contributed by atoms with van der Waals surface area (Å²) in [4.78, 5) is 12.1. The standard InChI is InChI=1S/C19H44N2O7Si2/c1-7-24-29(18-23-6,25-8-2)16-12-14-20-19(22)21-15-13-17-30(26-9-3,27-10-4)28-11-5/h7-18H2,1-6H3,(H2,20,21,22). The number of urea groups is 1. The second kappa shape index (κ2) is 18.1. The van der Waals surface area contributed by atoms with Gasteiger partial charge in [0.25, 0.3) is 0 Å². The van der Waals surface area contributed by atoms with Gasteiger partial charge >= 0.3 is 23.4 Å². The van der Waals surface area contributed by atoms with Crippen LogP contribution in [0.5, 0.6) is 0 Å². The molecule has 0 aromatic heterocycles. The maximum Gasteiger partial charge on any atom is 0.500 e. The van der Waals surface area contributed by atoms with Crippen LogP contribution in [0.15, 0.2) is 0 Å². The van der Waals surface area contributed by atoms with Crippen LogP contribution in [0.2, 0.25) is 12.1 Å². The van der Waals surface area contributed by atoms with Gasteiger partial charge in [0.15, 0.2) is 0 Å². The lowest BCUT2D eigenvalue weighted by atomic mass is 10.4. The number of hydrogen-bond acceptors (Lipinski definition) is 7. The minimum absolute atomic E-state index is 0.182. The molecule has 9 nitrogen and oxygen atoms in total. The van der Waals surface area contributed by atoms with Crippen LogP contribution in [-0.2, 0) is 26.9 Å². The molecule has 0 aliphatic carbocycles. The van der Waals surface area contributed by atoms with Crippen LogP contribution < -0.4 is 10.6 Å². The normalized spacial score (nSPS) is 12.2. The molecule has 2 N–H and O–H groups in total. The Kier molecular flexibility index (Phi) is 17.8. The van der Waals surface area contributed by atoms with Crippen LogP contribution in [0.3, 0.4) is 0 Å². The van der Waals surface area contributed by atoms with Gasteiger partial charge in [0.1, 0.15) is 0 Å². The average Bonchev–Trinajstić information content (AvgIpc) is 2.70. The number of amides is 2. The minimum Gasteiger partial charge on any atom is -0.393 e. The van der Waals surface area contributed by atoms with E-state index in [9.17, 15) is 4.79 Å². The van der Waals surface area contributed by atoms with Crippen molar-refractivity contribution in [2.45, 2.75) is 59.5 Å². The van der Waals surface area contributed by atoms with Crippen LogP contribution in [0.1, 0.15) is 47.5 Å². The van der Waals surface area contributed by atoms with Crippen molar-refractivity contribution < 1.29 is 31.7 Å². The number of carbonyl (C=O) groups excluding carboxylic acids is 1. The van der Waals surface area contributed by atoms with Crippen molar-refractivity contribution in [3.63, 3.8) is 0 Å². The third-order valence-corrected chi connectivity index (χ3v) is 10.9. The highest BCUT2D eigenvalue weighted by Gasteiger charge is 2.39. The van der Waals surface area contributed by atoms with Gasteiger partial charge in [0.05, 0.1) is 6.23 Å². The Bertz CT molecular complexity index is 364. The second-order valence-corrected chi connectivity index (χ2v) is 12.5. The average molecular weight is 469 g/mol. The molecule has 0 spiro atoms. The van der Waals surface area contributed by atoms with E-state index < -0.39 is 17.4 Å². The van der Waals surface area contributed by atoms with Crippen molar-refractivity contribution in [1.82, 2.24) is 10.6 Å². The molecule has 0 aromatic rings. The quantitative estimate of drug-likeness (QED) is 0.209. The first-order valence-corrected chi connectivity index (χ1v) is 15.3. The fourth-order valence-corrected chi connectivity index (χ4v) is 8.72. The van der Waals surface area contributed by atoms with E-state index in [0.717, 1.165) is 18.9 Å². The molecule has 0 rings (SSSR count). The molecule has 0 radical (unpaired) electrons. The minimum atomic E-state index is -2.65.